The van der Waals surface area contributed by atoms with Crippen molar-refractivity contribution in [1.29, 1.82) is 0 Å². The van der Waals surface area contributed by atoms with Crippen LogP contribution in [0.15, 0.2) is 48.5 Å². The molecule has 0 aliphatic heterocycles. The van der Waals surface area contributed by atoms with Crippen LogP contribution in [0.5, 0.6) is 0 Å². The molecule has 28 heavy (non-hydrogen) atoms. The topological polar surface area (TPSA) is 90.5 Å². The lowest BCUT2D eigenvalue weighted by Gasteiger charge is -2.19. The molecular formula is C21H26N4O3. The summed E-state index contributed by atoms with van der Waals surface area (Å²) < 4.78 is 0. The van der Waals surface area contributed by atoms with E-state index in [2.05, 4.69) is 16.0 Å². The number of nitrogens with zero attached hydrogens (tertiary/aromatic N) is 1. The van der Waals surface area contributed by atoms with Gasteiger partial charge in [-0.1, -0.05) is 12.1 Å². The lowest BCUT2D eigenvalue weighted by molar-refractivity contribution is -0.114. The summed E-state index contributed by atoms with van der Waals surface area (Å²) in [6, 6.07) is 13.8. The van der Waals surface area contributed by atoms with Crippen LogP contribution in [-0.4, -0.2) is 49.3 Å². The third-order valence-electron chi connectivity index (χ3n) is 4.25. The van der Waals surface area contributed by atoms with Gasteiger partial charge in [-0.3, -0.25) is 14.4 Å². The second kappa shape index (κ2) is 10.1. The molecule has 0 aromatic heterocycles. The third kappa shape index (κ3) is 5.57. The summed E-state index contributed by atoms with van der Waals surface area (Å²) in [5.41, 5.74) is 2.27. The number of hydrogen-bond acceptors (Lipinski definition) is 4. The van der Waals surface area contributed by atoms with Gasteiger partial charge in [-0.15, -0.1) is 0 Å². The van der Waals surface area contributed by atoms with Crippen molar-refractivity contribution in [2.24, 2.45) is 0 Å². The summed E-state index contributed by atoms with van der Waals surface area (Å²) in [7, 11) is 1.55. The van der Waals surface area contributed by atoms with Crippen molar-refractivity contribution < 1.29 is 14.4 Å². The Labute approximate surface area is 165 Å². The minimum absolute atomic E-state index is 0.0348. The van der Waals surface area contributed by atoms with E-state index in [4.69, 9.17) is 0 Å². The minimum Gasteiger partial charge on any atom is -0.376 e. The highest BCUT2D eigenvalue weighted by atomic mass is 16.2. The van der Waals surface area contributed by atoms with Crippen LogP contribution in [0, 0.1) is 0 Å². The molecule has 148 valence electrons. The minimum atomic E-state index is -0.255. The van der Waals surface area contributed by atoms with Crippen LogP contribution in [0.2, 0.25) is 0 Å². The lowest BCUT2D eigenvalue weighted by Crippen LogP contribution is -2.30. The molecule has 0 aliphatic rings. The molecule has 7 heteroatoms. The van der Waals surface area contributed by atoms with Crippen molar-refractivity contribution in [3.63, 3.8) is 0 Å². The van der Waals surface area contributed by atoms with Crippen LogP contribution in [-0.2, 0) is 4.79 Å². The van der Waals surface area contributed by atoms with Crippen LogP contribution in [0.25, 0.3) is 0 Å². The Morgan fingerprint density at radius 3 is 2.14 bits per heavy atom. The molecule has 2 aromatic rings. The van der Waals surface area contributed by atoms with E-state index < -0.39 is 0 Å². The Bertz CT molecular complexity index is 847. The molecule has 2 rings (SSSR count). The number of carbonyl (C=O) groups excluding carboxylic acids is 3. The van der Waals surface area contributed by atoms with Gasteiger partial charge >= 0.3 is 0 Å². The molecule has 0 saturated heterocycles. The molecule has 3 amide bonds. The number of hydrogen-bond donors (Lipinski definition) is 3. The van der Waals surface area contributed by atoms with Gasteiger partial charge in [0.15, 0.2) is 0 Å². The predicted octanol–water partition coefficient (Wildman–Crippen LogP) is 2.58. The SMILES string of the molecule is CCN(CC)C(=O)c1cccc(NCC(=O)Nc2cccc(C(=O)NC)c2)c1. The van der Waals surface area contributed by atoms with Gasteiger partial charge in [0.2, 0.25) is 5.91 Å². The van der Waals surface area contributed by atoms with E-state index in [-0.39, 0.29) is 24.3 Å². The molecule has 0 fully saturated rings. The standard InChI is InChI=1S/C21H26N4O3/c1-4-25(5-2)21(28)16-9-7-10-17(13-16)23-14-19(26)24-18-11-6-8-15(12-18)20(27)22-3/h6-13,23H,4-5,14H2,1-3H3,(H,22,27)(H,24,26). The molecule has 0 atom stereocenters. The molecule has 3 N–H and O–H groups in total. The maximum Gasteiger partial charge on any atom is 0.253 e. The number of anilines is 2. The first-order chi connectivity index (χ1) is 13.5. The summed E-state index contributed by atoms with van der Waals surface area (Å²) in [5, 5.41) is 8.31. The zero-order chi connectivity index (χ0) is 20.5. The van der Waals surface area contributed by atoms with Gasteiger partial charge in [0.05, 0.1) is 6.54 Å². The maximum absolute atomic E-state index is 12.4. The monoisotopic (exact) mass is 382 g/mol. The van der Waals surface area contributed by atoms with Crippen LogP contribution in [0.4, 0.5) is 11.4 Å². The zero-order valence-electron chi connectivity index (χ0n) is 16.4. The molecule has 0 spiro atoms. The van der Waals surface area contributed by atoms with Crippen LogP contribution in [0.1, 0.15) is 34.6 Å². The molecule has 0 saturated carbocycles. The van der Waals surface area contributed by atoms with Crippen LogP contribution >= 0.6 is 0 Å². The summed E-state index contributed by atoms with van der Waals surface area (Å²) in [6.45, 7) is 5.20. The Morgan fingerprint density at radius 2 is 1.50 bits per heavy atom. The molecule has 7 nitrogen and oxygen atoms in total. The van der Waals surface area contributed by atoms with E-state index in [9.17, 15) is 14.4 Å². The summed E-state index contributed by atoms with van der Waals surface area (Å²) >= 11 is 0. The van der Waals surface area contributed by atoms with Crippen molar-refractivity contribution in [2.75, 3.05) is 37.3 Å². The van der Waals surface area contributed by atoms with E-state index in [1.54, 1.807) is 60.5 Å². The van der Waals surface area contributed by atoms with Gasteiger partial charge in [-0.25, -0.2) is 0 Å². The Hall–Kier alpha value is -3.35. The Balaban J connectivity index is 1.97. The average molecular weight is 382 g/mol. The van der Waals surface area contributed by atoms with Gasteiger partial charge in [-0.2, -0.15) is 0 Å². The van der Waals surface area contributed by atoms with E-state index in [1.807, 2.05) is 13.8 Å². The summed E-state index contributed by atoms with van der Waals surface area (Å²) in [4.78, 5) is 38.1. The summed E-state index contributed by atoms with van der Waals surface area (Å²) in [5.74, 6) is -0.512. The first-order valence-electron chi connectivity index (χ1n) is 9.23. The average Bonchev–Trinajstić information content (AvgIpc) is 2.73. The second-order valence-corrected chi connectivity index (χ2v) is 6.12. The van der Waals surface area contributed by atoms with Crippen molar-refractivity contribution in [1.82, 2.24) is 10.2 Å². The predicted molar refractivity (Wildman–Crippen MR) is 111 cm³/mol. The fraction of sp³-hybridized carbons (Fsp3) is 0.286. The van der Waals surface area contributed by atoms with Gasteiger partial charge < -0.3 is 20.9 Å². The van der Waals surface area contributed by atoms with Crippen molar-refractivity contribution >= 4 is 29.1 Å². The fourth-order valence-corrected chi connectivity index (χ4v) is 2.73. The molecule has 0 aliphatic carbocycles. The van der Waals surface area contributed by atoms with Gasteiger partial charge in [0.25, 0.3) is 11.8 Å². The van der Waals surface area contributed by atoms with Gasteiger partial charge in [-0.05, 0) is 50.2 Å². The van der Waals surface area contributed by atoms with Gasteiger partial charge in [0, 0.05) is 42.6 Å². The highest BCUT2D eigenvalue weighted by Crippen LogP contribution is 2.14. The molecule has 0 unspecified atom stereocenters. The number of rotatable bonds is 8. The molecule has 0 heterocycles. The molecular weight excluding hydrogens is 356 g/mol. The van der Waals surface area contributed by atoms with Crippen LogP contribution in [0.3, 0.4) is 0 Å². The Kier molecular flexibility index (Phi) is 7.56. The van der Waals surface area contributed by atoms with Gasteiger partial charge in [0.1, 0.15) is 0 Å². The van der Waals surface area contributed by atoms with Crippen molar-refractivity contribution in [2.45, 2.75) is 13.8 Å². The van der Waals surface area contributed by atoms with Crippen LogP contribution < -0.4 is 16.0 Å². The largest absolute Gasteiger partial charge is 0.376 e. The summed E-state index contributed by atoms with van der Waals surface area (Å²) in [6.07, 6.45) is 0. The number of nitrogens with one attached hydrogen (secondary N) is 3. The highest BCUT2D eigenvalue weighted by Gasteiger charge is 2.13. The first kappa shape index (κ1) is 21.0. The molecule has 2 aromatic carbocycles. The lowest BCUT2D eigenvalue weighted by atomic mass is 10.1. The highest BCUT2D eigenvalue weighted by molar-refractivity contribution is 5.98. The molecule has 0 radical (unpaired) electrons. The second-order valence-electron chi connectivity index (χ2n) is 6.12. The molecule has 0 bridgehead atoms. The van der Waals surface area contributed by atoms with Crippen molar-refractivity contribution in [3.05, 3.63) is 59.7 Å². The maximum atomic E-state index is 12.4. The van der Waals surface area contributed by atoms with E-state index in [0.29, 0.717) is 35.6 Å². The number of benzene rings is 2. The number of amides is 3. The first-order valence-corrected chi connectivity index (χ1v) is 9.23. The number of carbonyl (C=O) groups is 3. The van der Waals surface area contributed by atoms with Crippen molar-refractivity contribution in [3.8, 4) is 0 Å². The quantitative estimate of drug-likeness (QED) is 0.654. The van der Waals surface area contributed by atoms with E-state index in [0.717, 1.165) is 0 Å². The zero-order valence-corrected chi connectivity index (χ0v) is 16.4. The smallest absolute Gasteiger partial charge is 0.253 e. The van der Waals surface area contributed by atoms with E-state index >= 15 is 0 Å². The fourth-order valence-electron chi connectivity index (χ4n) is 2.73. The Morgan fingerprint density at radius 1 is 0.893 bits per heavy atom. The third-order valence-corrected chi connectivity index (χ3v) is 4.25. The normalized spacial score (nSPS) is 10.1. The van der Waals surface area contributed by atoms with E-state index in [1.165, 1.54) is 0 Å².